The lowest BCUT2D eigenvalue weighted by Crippen LogP contribution is -2.24. The van der Waals surface area contributed by atoms with Crippen molar-refractivity contribution in [3.05, 3.63) is 112 Å². The van der Waals surface area contributed by atoms with Gasteiger partial charge in [0.05, 0.1) is 12.6 Å². The van der Waals surface area contributed by atoms with Gasteiger partial charge in [0, 0.05) is 47.0 Å². The Hall–Kier alpha value is -5.38. The summed E-state index contributed by atoms with van der Waals surface area (Å²) in [6, 6.07) is 11.3. The van der Waals surface area contributed by atoms with Crippen LogP contribution in [0.15, 0.2) is 72.3 Å². The van der Waals surface area contributed by atoms with Crippen LogP contribution in [0.1, 0.15) is 34.1 Å². The molecule has 0 atom stereocenters. The van der Waals surface area contributed by atoms with Gasteiger partial charge in [-0.25, -0.2) is 13.8 Å². The molecule has 3 aromatic heterocycles. The summed E-state index contributed by atoms with van der Waals surface area (Å²) in [5.74, 6) is -1.47. The van der Waals surface area contributed by atoms with Gasteiger partial charge < -0.3 is 19.8 Å². The largest absolute Gasteiger partial charge is 0.481 e. The first-order valence-corrected chi connectivity index (χ1v) is 12.8. The molecule has 5 rings (SSSR count). The van der Waals surface area contributed by atoms with Crippen molar-refractivity contribution in [2.24, 2.45) is 0 Å². The Balaban J connectivity index is 1.41. The molecule has 10 heteroatoms. The van der Waals surface area contributed by atoms with Crippen molar-refractivity contribution in [1.82, 2.24) is 15.0 Å². The average Bonchev–Trinajstić information content (AvgIpc) is 2.94. The van der Waals surface area contributed by atoms with Crippen LogP contribution in [0.5, 0.6) is 17.4 Å². The smallest absolute Gasteiger partial charge is 0.261 e. The maximum Gasteiger partial charge on any atom is 0.261 e. The summed E-state index contributed by atoms with van der Waals surface area (Å²) < 4.78 is 40.0. The summed E-state index contributed by atoms with van der Waals surface area (Å²) >= 11 is 0. The molecule has 212 valence electrons. The van der Waals surface area contributed by atoms with E-state index in [0.717, 1.165) is 11.6 Å². The van der Waals surface area contributed by atoms with Gasteiger partial charge in [-0.05, 0) is 67.8 Å². The second-order valence-corrected chi connectivity index (χ2v) is 9.69. The zero-order chi connectivity index (χ0) is 30.1. The van der Waals surface area contributed by atoms with Crippen LogP contribution in [-0.2, 0) is 0 Å². The molecule has 0 aliphatic carbocycles. The number of rotatable bonds is 7. The first kappa shape index (κ1) is 28.2. The lowest BCUT2D eigenvalue weighted by atomic mass is 9.97. The van der Waals surface area contributed by atoms with E-state index >= 15 is 4.39 Å². The Bertz CT molecular complexity index is 1950. The summed E-state index contributed by atoms with van der Waals surface area (Å²) in [7, 11) is 1.49. The van der Waals surface area contributed by atoms with Crippen LogP contribution in [-0.4, -0.2) is 28.0 Å². The summed E-state index contributed by atoms with van der Waals surface area (Å²) in [4.78, 5) is 38.1. The molecular formula is C32H26F2N4O4. The molecule has 0 radical (unpaired) electrons. The van der Waals surface area contributed by atoms with Gasteiger partial charge in [-0.2, -0.15) is 0 Å². The fourth-order valence-corrected chi connectivity index (χ4v) is 4.58. The highest BCUT2D eigenvalue weighted by Gasteiger charge is 2.20. The SMILES string of the molecule is C=C(C)c1cc2nccc(Oc3ccc(NC(=O)c4c[nH]c(C)c(-c5ccc(F)cc5C)c4=O)cc3F)c2nc1OC. The van der Waals surface area contributed by atoms with Crippen LogP contribution in [0.3, 0.4) is 0 Å². The normalized spacial score (nSPS) is 10.9. The van der Waals surface area contributed by atoms with Gasteiger partial charge in [-0.3, -0.25) is 14.6 Å². The Morgan fingerprint density at radius 1 is 1.02 bits per heavy atom. The Morgan fingerprint density at radius 2 is 1.81 bits per heavy atom. The number of methoxy groups -OCH3 is 1. The van der Waals surface area contributed by atoms with Crippen LogP contribution in [0, 0.1) is 25.5 Å². The number of aromatic amines is 1. The second-order valence-electron chi connectivity index (χ2n) is 9.69. The second kappa shape index (κ2) is 11.2. The number of benzene rings is 2. The quantitative estimate of drug-likeness (QED) is 0.220. The van der Waals surface area contributed by atoms with E-state index < -0.39 is 23.0 Å². The minimum absolute atomic E-state index is 0.106. The van der Waals surface area contributed by atoms with Gasteiger partial charge in [0.15, 0.2) is 17.3 Å². The first-order valence-electron chi connectivity index (χ1n) is 12.8. The fraction of sp³-hybridized carbons (Fsp3) is 0.125. The number of fused-ring (bicyclic) bond motifs is 1. The minimum atomic E-state index is -0.760. The number of H-pyrrole nitrogens is 1. The topological polar surface area (TPSA) is 106 Å². The van der Waals surface area contributed by atoms with Gasteiger partial charge >= 0.3 is 0 Å². The number of hydrogen-bond donors (Lipinski definition) is 2. The number of carbonyl (C=O) groups is 1. The van der Waals surface area contributed by atoms with Crippen LogP contribution in [0.25, 0.3) is 27.7 Å². The molecule has 3 heterocycles. The van der Waals surface area contributed by atoms with Gasteiger partial charge in [0.25, 0.3) is 5.91 Å². The minimum Gasteiger partial charge on any atom is -0.481 e. The van der Waals surface area contributed by atoms with Gasteiger partial charge in [-0.15, -0.1) is 0 Å². The lowest BCUT2D eigenvalue weighted by Gasteiger charge is -2.13. The molecule has 0 saturated heterocycles. The summed E-state index contributed by atoms with van der Waals surface area (Å²) in [6.45, 7) is 9.12. The third kappa shape index (κ3) is 5.34. The maximum absolute atomic E-state index is 15.2. The van der Waals surface area contributed by atoms with E-state index in [4.69, 9.17) is 9.47 Å². The zero-order valence-corrected chi connectivity index (χ0v) is 23.3. The highest BCUT2D eigenvalue weighted by Crippen LogP contribution is 2.34. The Labute approximate surface area is 239 Å². The summed E-state index contributed by atoms with van der Waals surface area (Å²) in [5, 5.41) is 2.55. The predicted molar refractivity (Wildman–Crippen MR) is 157 cm³/mol. The highest BCUT2D eigenvalue weighted by atomic mass is 19.1. The molecule has 0 spiro atoms. The molecule has 0 aliphatic heterocycles. The molecule has 0 fully saturated rings. The molecule has 1 amide bonds. The number of halogens is 2. The third-order valence-electron chi connectivity index (χ3n) is 6.69. The molecule has 2 aromatic carbocycles. The Kier molecular flexibility index (Phi) is 7.54. The number of ether oxygens (including phenoxy) is 2. The van der Waals surface area contributed by atoms with E-state index in [9.17, 15) is 14.0 Å². The maximum atomic E-state index is 15.2. The molecule has 42 heavy (non-hydrogen) atoms. The summed E-state index contributed by atoms with van der Waals surface area (Å²) in [5.41, 5.74) is 3.51. The first-order chi connectivity index (χ1) is 20.1. The predicted octanol–water partition coefficient (Wildman–Crippen LogP) is 6.97. The van der Waals surface area contributed by atoms with E-state index in [1.54, 1.807) is 26.0 Å². The number of aryl methyl sites for hydroxylation is 2. The molecule has 0 aliphatic rings. The van der Waals surface area contributed by atoms with Gasteiger partial charge in [-0.1, -0.05) is 12.6 Å². The Morgan fingerprint density at radius 3 is 2.50 bits per heavy atom. The molecule has 5 aromatic rings. The molecule has 2 N–H and O–H groups in total. The fourth-order valence-electron chi connectivity index (χ4n) is 4.58. The van der Waals surface area contributed by atoms with Crippen molar-refractivity contribution < 1.29 is 23.0 Å². The third-order valence-corrected chi connectivity index (χ3v) is 6.69. The van der Waals surface area contributed by atoms with E-state index in [1.165, 1.54) is 49.8 Å². The van der Waals surface area contributed by atoms with Crippen molar-refractivity contribution in [3.8, 4) is 28.5 Å². The molecule has 8 nitrogen and oxygen atoms in total. The number of nitrogens with one attached hydrogen (secondary N) is 2. The van der Waals surface area contributed by atoms with Crippen LogP contribution in [0.4, 0.5) is 14.5 Å². The zero-order valence-electron chi connectivity index (χ0n) is 23.3. The van der Waals surface area contributed by atoms with Gasteiger partial charge in [0.1, 0.15) is 16.9 Å². The van der Waals surface area contributed by atoms with E-state index in [2.05, 4.69) is 26.8 Å². The van der Waals surface area contributed by atoms with Gasteiger partial charge in [0.2, 0.25) is 11.3 Å². The highest BCUT2D eigenvalue weighted by molar-refractivity contribution is 6.04. The number of pyridine rings is 3. The van der Waals surface area contributed by atoms with Crippen molar-refractivity contribution in [2.45, 2.75) is 20.8 Å². The number of nitrogens with zero attached hydrogens (tertiary/aromatic N) is 2. The van der Waals surface area contributed by atoms with E-state index in [-0.39, 0.29) is 28.3 Å². The van der Waals surface area contributed by atoms with Crippen molar-refractivity contribution in [1.29, 1.82) is 0 Å². The standard InChI is InChI=1S/C32H26F2N4O4/c1-16(2)22-14-25-29(38-32(22)41-5)27(10-11-35-25)42-26-9-7-20(13-24(26)34)37-31(40)23-15-36-18(4)28(30(23)39)21-8-6-19(33)12-17(21)3/h6-15H,1H2,2-5H3,(H,36,39)(H,37,40). The van der Waals surface area contributed by atoms with Crippen LogP contribution >= 0.6 is 0 Å². The van der Waals surface area contributed by atoms with Crippen LogP contribution in [0.2, 0.25) is 0 Å². The average molecular weight is 569 g/mol. The van der Waals surface area contributed by atoms with E-state index in [1.807, 2.05) is 6.92 Å². The molecule has 0 unspecified atom stereocenters. The number of amides is 1. The summed E-state index contributed by atoms with van der Waals surface area (Å²) in [6.07, 6.45) is 2.81. The van der Waals surface area contributed by atoms with Crippen molar-refractivity contribution in [2.75, 3.05) is 12.4 Å². The molecule has 0 saturated carbocycles. The number of hydrogen-bond acceptors (Lipinski definition) is 6. The number of aromatic nitrogens is 3. The number of anilines is 1. The molecule has 0 bridgehead atoms. The van der Waals surface area contributed by atoms with Crippen LogP contribution < -0.4 is 20.2 Å². The molecular weight excluding hydrogens is 542 g/mol. The van der Waals surface area contributed by atoms with E-state index in [0.29, 0.717) is 39.3 Å². The van der Waals surface area contributed by atoms with Crippen molar-refractivity contribution in [3.63, 3.8) is 0 Å². The lowest BCUT2D eigenvalue weighted by molar-refractivity contribution is 0.102. The number of carbonyl (C=O) groups excluding carboxylic acids is 1. The monoisotopic (exact) mass is 568 g/mol. The number of allylic oxidation sites excluding steroid dienone is 1. The van der Waals surface area contributed by atoms with Crippen molar-refractivity contribution >= 4 is 28.2 Å².